The predicted octanol–water partition coefficient (Wildman–Crippen LogP) is 1.40. The molecule has 1 aromatic heterocycles. The van der Waals surface area contributed by atoms with E-state index in [2.05, 4.69) is 9.88 Å². The topological polar surface area (TPSA) is 65.9 Å². The number of amides is 1. The summed E-state index contributed by atoms with van der Waals surface area (Å²) in [5.74, 6) is 0. The molecule has 19 heavy (non-hydrogen) atoms. The summed E-state index contributed by atoms with van der Waals surface area (Å²) < 4.78 is 5.43. The zero-order valence-corrected chi connectivity index (χ0v) is 11.7. The van der Waals surface area contributed by atoms with Crippen molar-refractivity contribution in [2.75, 3.05) is 31.1 Å². The molecule has 3 heterocycles. The Morgan fingerprint density at radius 1 is 1.53 bits per heavy atom. The molecule has 6 nitrogen and oxygen atoms in total. The quantitative estimate of drug-likeness (QED) is 0.844. The molecular weight excluding hydrogens is 266 g/mol. The number of nitrogens with zero attached hydrogens (tertiary/aromatic N) is 3. The minimum atomic E-state index is -0.834. The third-order valence-electron chi connectivity index (χ3n) is 3.63. The second kappa shape index (κ2) is 4.97. The highest BCUT2D eigenvalue weighted by Crippen LogP contribution is 2.30. The second-order valence-electron chi connectivity index (χ2n) is 4.94. The summed E-state index contributed by atoms with van der Waals surface area (Å²) in [5, 5.41) is 10.1. The Kier molecular flexibility index (Phi) is 3.32. The lowest BCUT2D eigenvalue weighted by molar-refractivity contribution is 0.112. The van der Waals surface area contributed by atoms with Gasteiger partial charge in [-0.2, -0.15) is 0 Å². The summed E-state index contributed by atoms with van der Waals surface area (Å²) in [6, 6.07) is 0.00317. The molecule has 1 aromatic rings. The Balaban J connectivity index is 1.73. The average molecular weight is 283 g/mol. The molecule has 0 radical (unpaired) electrons. The molecule has 0 saturated carbocycles. The maximum atomic E-state index is 11.0. The minimum absolute atomic E-state index is 0.00317. The summed E-state index contributed by atoms with van der Waals surface area (Å²) in [6.07, 6.45) is 0.0511. The molecule has 1 N–H and O–H groups in total. The van der Waals surface area contributed by atoms with E-state index < -0.39 is 6.09 Å². The van der Waals surface area contributed by atoms with Crippen molar-refractivity contribution < 1.29 is 14.6 Å². The van der Waals surface area contributed by atoms with Gasteiger partial charge in [0.1, 0.15) is 0 Å². The number of ether oxygens (including phenoxy) is 1. The smallest absolute Gasteiger partial charge is 0.407 e. The molecule has 0 aliphatic carbocycles. The van der Waals surface area contributed by atoms with Crippen molar-refractivity contribution >= 4 is 22.6 Å². The number of hydrogen-bond acceptors (Lipinski definition) is 5. The van der Waals surface area contributed by atoms with Crippen LogP contribution in [0.25, 0.3) is 0 Å². The van der Waals surface area contributed by atoms with Crippen LogP contribution in [0, 0.1) is 0 Å². The number of rotatable bonds is 1. The molecule has 0 spiro atoms. The van der Waals surface area contributed by atoms with E-state index in [4.69, 9.17) is 9.84 Å². The highest BCUT2D eigenvalue weighted by atomic mass is 32.1. The van der Waals surface area contributed by atoms with Crippen LogP contribution in [0.4, 0.5) is 9.93 Å². The van der Waals surface area contributed by atoms with E-state index in [1.165, 1.54) is 9.78 Å². The number of fused-ring (bicyclic) bond motifs is 1. The van der Waals surface area contributed by atoms with Crippen LogP contribution < -0.4 is 4.90 Å². The van der Waals surface area contributed by atoms with Gasteiger partial charge in [0.15, 0.2) is 5.13 Å². The van der Waals surface area contributed by atoms with Gasteiger partial charge in [-0.15, -0.1) is 0 Å². The van der Waals surface area contributed by atoms with E-state index >= 15 is 0 Å². The number of hydrogen-bond donors (Lipinski definition) is 1. The number of carbonyl (C=O) groups is 1. The first kappa shape index (κ1) is 12.7. The second-order valence-corrected chi connectivity index (χ2v) is 6.00. The fourth-order valence-corrected chi connectivity index (χ4v) is 3.64. The molecule has 1 atom stereocenters. The van der Waals surface area contributed by atoms with Gasteiger partial charge in [0.25, 0.3) is 0 Å². The van der Waals surface area contributed by atoms with Gasteiger partial charge in [-0.25, -0.2) is 9.78 Å². The lowest BCUT2D eigenvalue weighted by atomic mass is 10.2. The summed E-state index contributed by atoms with van der Waals surface area (Å²) in [7, 11) is 0. The molecule has 1 saturated heterocycles. The van der Waals surface area contributed by atoms with Gasteiger partial charge in [-0.05, 0) is 6.92 Å². The van der Waals surface area contributed by atoms with E-state index in [0.29, 0.717) is 26.2 Å². The maximum absolute atomic E-state index is 11.0. The van der Waals surface area contributed by atoms with Gasteiger partial charge in [0.2, 0.25) is 0 Å². The molecule has 1 fully saturated rings. The first-order valence-electron chi connectivity index (χ1n) is 6.46. The molecular formula is C12H17N3O3S. The van der Waals surface area contributed by atoms with E-state index in [9.17, 15) is 4.79 Å². The molecule has 0 bridgehead atoms. The fourth-order valence-electron chi connectivity index (χ4n) is 2.56. The first-order chi connectivity index (χ1) is 9.15. The van der Waals surface area contributed by atoms with Crippen LogP contribution in [-0.4, -0.2) is 53.4 Å². The molecule has 7 heteroatoms. The molecule has 1 amide bonds. The van der Waals surface area contributed by atoms with Crippen molar-refractivity contribution in [2.45, 2.75) is 26.0 Å². The molecule has 104 valence electrons. The maximum Gasteiger partial charge on any atom is 0.407 e. The summed E-state index contributed by atoms with van der Waals surface area (Å²) in [5.41, 5.74) is 1.15. The normalized spacial score (nSPS) is 23.3. The lowest BCUT2D eigenvalue weighted by Gasteiger charge is -2.38. The van der Waals surface area contributed by atoms with Gasteiger partial charge in [-0.1, -0.05) is 11.3 Å². The summed E-state index contributed by atoms with van der Waals surface area (Å²) in [4.78, 5) is 20.6. The Labute approximate surface area is 115 Å². The van der Waals surface area contributed by atoms with Gasteiger partial charge in [0, 0.05) is 32.1 Å². The number of aromatic nitrogens is 1. The molecule has 2 aliphatic heterocycles. The van der Waals surface area contributed by atoms with E-state index in [0.717, 1.165) is 23.9 Å². The van der Waals surface area contributed by atoms with Crippen molar-refractivity contribution in [1.29, 1.82) is 0 Å². The van der Waals surface area contributed by atoms with Gasteiger partial charge in [0.05, 0.1) is 23.8 Å². The highest BCUT2D eigenvalue weighted by molar-refractivity contribution is 7.15. The summed E-state index contributed by atoms with van der Waals surface area (Å²) >= 11 is 1.68. The largest absolute Gasteiger partial charge is 0.465 e. The van der Waals surface area contributed by atoms with Crippen molar-refractivity contribution in [3.05, 3.63) is 10.6 Å². The van der Waals surface area contributed by atoms with Crippen molar-refractivity contribution in [2.24, 2.45) is 0 Å². The van der Waals surface area contributed by atoms with Crippen molar-refractivity contribution in [1.82, 2.24) is 9.88 Å². The van der Waals surface area contributed by atoms with Crippen LogP contribution in [0.1, 0.15) is 17.5 Å². The predicted molar refractivity (Wildman–Crippen MR) is 71.9 cm³/mol. The zero-order valence-electron chi connectivity index (χ0n) is 10.8. The van der Waals surface area contributed by atoms with E-state index in [1.54, 1.807) is 11.3 Å². The summed E-state index contributed by atoms with van der Waals surface area (Å²) in [6.45, 7) is 5.31. The van der Waals surface area contributed by atoms with E-state index in [-0.39, 0.29) is 6.04 Å². The van der Waals surface area contributed by atoms with Crippen LogP contribution in [0.2, 0.25) is 0 Å². The average Bonchev–Trinajstić information content (AvgIpc) is 2.81. The standard InChI is InChI=1S/C12H17N3O3S/c1-8-6-14(3-4-15(8)12(16)17)11-13-9-2-5-18-7-10(9)19-11/h8H,2-7H2,1H3,(H,16,17). The Morgan fingerprint density at radius 2 is 2.37 bits per heavy atom. The van der Waals surface area contributed by atoms with Gasteiger partial charge < -0.3 is 19.6 Å². The first-order valence-corrected chi connectivity index (χ1v) is 7.27. The minimum Gasteiger partial charge on any atom is -0.465 e. The fraction of sp³-hybridized carbons (Fsp3) is 0.667. The van der Waals surface area contributed by atoms with Crippen LogP contribution >= 0.6 is 11.3 Å². The van der Waals surface area contributed by atoms with Crippen LogP contribution in [-0.2, 0) is 17.8 Å². The van der Waals surface area contributed by atoms with Gasteiger partial charge >= 0.3 is 6.09 Å². The van der Waals surface area contributed by atoms with Crippen LogP contribution in [0.15, 0.2) is 0 Å². The van der Waals surface area contributed by atoms with Gasteiger partial charge in [-0.3, -0.25) is 0 Å². The van der Waals surface area contributed by atoms with E-state index in [1.807, 2.05) is 6.92 Å². The third kappa shape index (κ3) is 2.40. The Bertz CT molecular complexity index is 467. The monoisotopic (exact) mass is 283 g/mol. The molecule has 3 rings (SSSR count). The van der Waals surface area contributed by atoms with Crippen molar-refractivity contribution in [3.63, 3.8) is 0 Å². The number of thiazole rings is 1. The Hall–Kier alpha value is -1.34. The van der Waals surface area contributed by atoms with Crippen molar-refractivity contribution in [3.8, 4) is 0 Å². The molecule has 1 unspecified atom stereocenters. The highest BCUT2D eigenvalue weighted by Gasteiger charge is 2.29. The number of piperazine rings is 1. The molecule has 0 aromatic carbocycles. The third-order valence-corrected chi connectivity index (χ3v) is 4.76. The SMILES string of the molecule is CC1CN(c2nc3c(s2)COCC3)CCN1C(=O)O. The lowest BCUT2D eigenvalue weighted by Crippen LogP contribution is -2.53. The zero-order chi connectivity index (χ0) is 13.4. The number of anilines is 1. The Morgan fingerprint density at radius 3 is 3.05 bits per heavy atom. The number of carboxylic acid groups (broad SMARTS) is 1. The van der Waals surface area contributed by atoms with Crippen LogP contribution in [0.5, 0.6) is 0 Å². The van der Waals surface area contributed by atoms with Crippen LogP contribution in [0.3, 0.4) is 0 Å². The molecule has 2 aliphatic rings.